The van der Waals surface area contributed by atoms with E-state index in [0.717, 1.165) is 21.0 Å². The predicted molar refractivity (Wildman–Crippen MR) is 156 cm³/mol. The van der Waals surface area contributed by atoms with Gasteiger partial charge in [0.05, 0.1) is 10.6 Å². The zero-order valence-electron chi connectivity index (χ0n) is 23.2. The number of carbonyl (C=O) groups excluding carboxylic acids is 2. The SMILES string of the molecule is Cc1ccc(S(=O)(=O)N(CC(=O)N(Cc2ccccc2Cl)[C@H](C)C(=O)NC(C)C)c2ccc(C)c(C)c2)cc1. The molecule has 0 saturated carbocycles. The standard InChI is InChI=1S/C30H36ClN3O4S/c1-20(2)32-30(36)24(6)33(18-25-9-7-8-10-28(25)31)29(35)19-34(26-14-13-22(4)23(5)17-26)39(37,38)27-15-11-21(3)12-16-27/h7-17,20,24H,18-19H2,1-6H3,(H,32,36)/t24-/m1/s1. The van der Waals surface area contributed by atoms with E-state index in [0.29, 0.717) is 16.3 Å². The fourth-order valence-electron chi connectivity index (χ4n) is 4.04. The number of benzene rings is 3. The first-order chi connectivity index (χ1) is 18.3. The molecule has 1 N–H and O–H groups in total. The van der Waals surface area contributed by atoms with Crippen molar-refractivity contribution in [2.24, 2.45) is 0 Å². The summed E-state index contributed by atoms with van der Waals surface area (Å²) >= 11 is 6.40. The second-order valence-electron chi connectivity index (χ2n) is 10.0. The normalized spacial score (nSPS) is 12.2. The summed E-state index contributed by atoms with van der Waals surface area (Å²) in [6.45, 7) is 10.5. The van der Waals surface area contributed by atoms with Crippen LogP contribution in [0.1, 0.15) is 43.0 Å². The second kappa shape index (κ2) is 12.7. The Bertz CT molecular complexity index is 1440. The molecule has 2 amide bonds. The van der Waals surface area contributed by atoms with Gasteiger partial charge in [-0.2, -0.15) is 0 Å². The van der Waals surface area contributed by atoms with Gasteiger partial charge in [-0.1, -0.05) is 53.6 Å². The van der Waals surface area contributed by atoms with Gasteiger partial charge < -0.3 is 10.2 Å². The summed E-state index contributed by atoms with van der Waals surface area (Å²) < 4.78 is 28.9. The van der Waals surface area contributed by atoms with E-state index in [2.05, 4.69) is 5.32 Å². The highest BCUT2D eigenvalue weighted by molar-refractivity contribution is 7.92. The molecule has 3 aromatic rings. The molecular weight excluding hydrogens is 534 g/mol. The molecule has 3 rings (SSSR count). The van der Waals surface area contributed by atoms with Gasteiger partial charge in [0.2, 0.25) is 11.8 Å². The van der Waals surface area contributed by atoms with Crippen molar-refractivity contribution in [3.05, 3.63) is 94.0 Å². The molecule has 0 heterocycles. The maximum atomic E-state index is 14.0. The van der Waals surface area contributed by atoms with Crippen molar-refractivity contribution in [3.63, 3.8) is 0 Å². The van der Waals surface area contributed by atoms with Crippen LogP contribution in [0.2, 0.25) is 5.02 Å². The van der Waals surface area contributed by atoms with Crippen LogP contribution in [-0.4, -0.2) is 43.8 Å². The molecule has 3 aromatic carbocycles. The number of hydrogen-bond acceptors (Lipinski definition) is 4. The fraction of sp³-hybridized carbons (Fsp3) is 0.333. The lowest BCUT2D eigenvalue weighted by Crippen LogP contribution is -2.52. The van der Waals surface area contributed by atoms with E-state index >= 15 is 0 Å². The van der Waals surface area contributed by atoms with E-state index < -0.39 is 28.5 Å². The summed E-state index contributed by atoms with van der Waals surface area (Å²) in [6, 6.07) is 17.8. The van der Waals surface area contributed by atoms with Crippen LogP contribution in [-0.2, 0) is 26.2 Å². The average Bonchev–Trinajstić information content (AvgIpc) is 2.87. The number of nitrogens with zero attached hydrogens (tertiary/aromatic N) is 2. The molecular formula is C30H36ClN3O4S. The van der Waals surface area contributed by atoms with Crippen LogP contribution in [0.3, 0.4) is 0 Å². The van der Waals surface area contributed by atoms with E-state index in [1.165, 1.54) is 17.0 Å². The molecule has 0 aliphatic heterocycles. The minimum absolute atomic E-state index is 0.0382. The van der Waals surface area contributed by atoms with E-state index in [4.69, 9.17) is 11.6 Å². The van der Waals surface area contributed by atoms with Crippen LogP contribution in [0.25, 0.3) is 0 Å². The zero-order chi connectivity index (χ0) is 28.9. The number of nitrogens with one attached hydrogen (secondary N) is 1. The Kier molecular flexibility index (Phi) is 9.80. The van der Waals surface area contributed by atoms with Crippen molar-refractivity contribution in [2.75, 3.05) is 10.8 Å². The summed E-state index contributed by atoms with van der Waals surface area (Å²) in [4.78, 5) is 28.4. The molecule has 208 valence electrons. The van der Waals surface area contributed by atoms with Gasteiger partial charge in [-0.3, -0.25) is 13.9 Å². The van der Waals surface area contributed by atoms with Crippen molar-refractivity contribution < 1.29 is 18.0 Å². The Morgan fingerprint density at radius 3 is 2.13 bits per heavy atom. The van der Waals surface area contributed by atoms with Gasteiger partial charge in [0.25, 0.3) is 10.0 Å². The quantitative estimate of drug-likeness (QED) is 0.354. The largest absolute Gasteiger partial charge is 0.352 e. The van der Waals surface area contributed by atoms with Gasteiger partial charge >= 0.3 is 0 Å². The van der Waals surface area contributed by atoms with Crippen LogP contribution in [0.15, 0.2) is 71.6 Å². The number of rotatable bonds is 10. The maximum Gasteiger partial charge on any atom is 0.264 e. The van der Waals surface area contributed by atoms with E-state index in [-0.39, 0.29) is 23.4 Å². The van der Waals surface area contributed by atoms with Crippen LogP contribution in [0.5, 0.6) is 0 Å². The van der Waals surface area contributed by atoms with Crippen molar-refractivity contribution >= 4 is 39.1 Å². The molecule has 9 heteroatoms. The highest BCUT2D eigenvalue weighted by atomic mass is 35.5. The summed E-state index contributed by atoms with van der Waals surface area (Å²) in [5, 5.41) is 3.29. The lowest BCUT2D eigenvalue weighted by atomic mass is 10.1. The highest BCUT2D eigenvalue weighted by Gasteiger charge is 2.33. The summed E-state index contributed by atoms with van der Waals surface area (Å²) in [7, 11) is -4.12. The summed E-state index contributed by atoms with van der Waals surface area (Å²) in [5.41, 5.74) is 3.82. The van der Waals surface area contributed by atoms with Gasteiger partial charge in [-0.15, -0.1) is 0 Å². The first kappa shape index (κ1) is 30.2. The molecule has 0 aliphatic carbocycles. The number of aryl methyl sites for hydroxylation is 3. The minimum atomic E-state index is -4.12. The molecule has 0 radical (unpaired) electrons. The number of amides is 2. The lowest BCUT2D eigenvalue weighted by molar-refractivity contribution is -0.139. The van der Waals surface area contributed by atoms with Crippen molar-refractivity contribution in [1.29, 1.82) is 0 Å². The van der Waals surface area contributed by atoms with Gasteiger partial charge in [0.1, 0.15) is 12.6 Å². The molecule has 0 saturated heterocycles. The average molecular weight is 570 g/mol. The fourth-order valence-corrected chi connectivity index (χ4v) is 5.65. The Balaban J connectivity index is 2.07. The number of hydrogen-bond donors (Lipinski definition) is 1. The molecule has 0 aliphatic rings. The molecule has 7 nitrogen and oxygen atoms in total. The van der Waals surface area contributed by atoms with Crippen molar-refractivity contribution in [2.45, 2.75) is 65.1 Å². The molecule has 0 spiro atoms. The Hall–Kier alpha value is -3.36. The number of anilines is 1. The van der Waals surface area contributed by atoms with Gasteiger partial charge in [-0.25, -0.2) is 8.42 Å². The third-order valence-corrected chi connectivity index (χ3v) is 8.72. The van der Waals surface area contributed by atoms with Crippen LogP contribution in [0.4, 0.5) is 5.69 Å². The van der Waals surface area contributed by atoms with Gasteiger partial charge in [-0.05, 0) is 88.6 Å². The van der Waals surface area contributed by atoms with Crippen LogP contribution in [0, 0.1) is 20.8 Å². The summed E-state index contributed by atoms with van der Waals surface area (Å²) in [6.07, 6.45) is 0. The second-order valence-corrected chi connectivity index (χ2v) is 12.3. The summed E-state index contributed by atoms with van der Waals surface area (Å²) in [5.74, 6) is -0.875. The van der Waals surface area contributed by atoms with Crippen LogP contribution >= 0.6 is 11.6 Å². The number of carbonyl (C=O) groups is 2. The van der Waals surface area contributed by atoms with Crippen molar-refractivity contribution in [3.8, 4) is 0 Å². The predicted octanol–water partition coefficient (Wildman–Crippen LogP) is 5.40. The van der Waals surface area contributed by atoms with E-state index in [9.17, 15) is 18.0 Å². The smallest absolute Gasteiger partial charge is 0.264 e. The first-order valence-corrected chi connectivity index (χ1v) is 14.6. The topological polar surface area (TPSA) is 86.8 Å². The van der Waals surface area contributed by atoms with Gasteiger partial charge in [0, 0.05) is 17.6 Å². The third kappa shape index (κ3) is 7.40. The van der Waals surface area contributed by atoms with Gasteiger partial charge in [0.15, 0.2) is 0 Å². The molecule has 39 heavy (non-hydrogen) atoms. The molecule has 0 fully saturated rings. The Labute approximate surface area is 236 Å². The van der Waals surface area contributed by atoms with Crippen molar-refractivity contribution in [1.82, 2.24) is 10.2 Å². The Morgan fingerprint density at radius 1 is 0.897 bits per heavy atom. The number of halogens is 1. The monoisotopic (exact) mass is 569 g/mol. The maximum absolute atomic E-state index is 14.0. The molecule has 0 bridgehead atoms. The van der Waals surface area contributed by atoms with E-state index in [1.54, 1.807) is 55.5 Å². The molecule has 0 unspecified atom stereocenters. The number of sulfonamides is 1. The Morgan fingerprint density at radius 2 is 1.54 bits per heavy atom. The third-order valence-electron chi connectivity index (χ3n) is 6.56. The lowest BCUT2D eigenvalue weighted by Gasteiger charge is -2.32. The minimum Gasteiger partial charge on any atom is -0.352 e. The molecule has 1 atom stereocenters. The van der Waals surface area contributed by atoms with Crippen LogP contribution < -0.4 is 9.62 Å². The first-order valence-electron chi connectivity index (χ1n) is 12.8. The molecule has 0 aromatic heterocycles. The highest BCUT2D eigenvalue weighted by Crippen LogP contribution is 2.27. The zero-order valence-corrected chi connectivity index (χ0v) is 24.8. The van der Waals surface area contributed by atoms with E-state index in [1.807, 2.05) is 40.7 Å².